The number of carbonyl (C=O) groups is 1. The van der Waals surface area contributed by atoms with Gasteiger partial charge in [-0.15, -0.1) is 0 Å². The molecule has 1 unspecified atom stereocenters. The van der Waals surface area contributed by atoms with Gasteiger partial charge in [-0.05, 0) is 50.4 Å². The molecular formula is C17H23F2N3O. The molecule has 2 fully saturated rings. The number of nitrogens with one attached hydrogen (secondary N) is 1. The monoisotopic (exact) mass is 323 g/mol. The van der Waals surface area contributed by atoms with Gasteiger partial charge < -0.3 is 15.1 Å². The zero-order chi connectivity index (χ0) is 16.2. The molecule has 126 valence electrons. The average Bonchev–Trinajstić information content (AvgIpc) is 2.96. The van der Waals surface area contributed by atoms with Crippen LogP contribution in [0.3, 0.4) is 0 Å². The van der Waals surface area contributed by atoms with E-state index in [4.69, 9.17) is 0 Å². The minimum Gasteiger partial charge on any atom is -0.324 e. The smallest absolute Gasteiger partial charge is 0.321 e. The van der Waals surface area contributed by atoms with Crippen molar-refractivity contribution in [2.45, 2.75) is 25.7 Å². The van der Waals surface area contributed by atoms with Gasteiger partial charge in [0.05, 0.1) is 0 Å². The summed E-state index contributed by atoms with van der Waals surface area (Å²) >= 11 is 0. The normalized spacial score (nSPS) is 22.3. The Labute approximate surface area is 135 Å². The second kappa shape index (κ2) is 7.25. The number of benzene rings is 1. The standard InChI is InChI=1S/C17H23F2N3O/c18-14-8-15(19)10-16(9-14)20-17(23)22-7-4-13(12-22)11-21-5-2-1-3-6-21/h8-10,13H,1-7,11-12H2,(H,20,23). The highest BCUT2D eigenvalue weighted by atomic mass is 19.1. The van der Waals surface area contributed by atoms with E-state index >= 15 is 0 Å². The van der Waals surface area contributed by atoms with Crippen LogP contribution in [0.2, 0.25) is 0 Å². The van der Waals surface area contributed by atoms with Gasteiger partial charge in [0.25, 0.3) is 0 Å². The molecule has 3 rings (SSSR count). The average molecular weight is 323 g/mol. The van der Waals surface area contributed by atoms with E-state index in [9.17, 15) is 13.6 Å². The van der Waals surface area contributed by atoms with Crippen molar-refractivity contribution in [1.82, 2.24) is 9.80 Å². The zero-order valence-electron chi connectivity index (χ0n) is 13.2. The quantitative estimate of drug-likeness (QED) is 0.926. The van der Waals surface area contributed by atoms with Gasteiger partial charge in [-0.3, -0.25) is 0 Å². The third kappa shape index (κ3) is 4.41. The first-order valence-electron chi connectivity index (χ1n) is 8.34. The van der Waals surface area contributed by atoms with Crippen LogP contribution in [0.4, 0.5) is 19.3 Å². The Morgan fingerprint density at radius 1 is 1.09 bits per heavy atom. The number of likely N-dealkylation sites (tertiary alicyclic amines) is 2. The van der Waals surface area contributed by atoms with E-state index < -0.39 is 11.6 Å². The maximum absolute atomic E-state index is 13.2. The van der Waals surface area contributed by atoms with E-state index in [0.717, 1.165) is 44.3 Å². The van der Waals surface area contributed by atoms with E-state index in [-0.39, 0.29) is 11.7 Å². The molecular weight excluding hydrogens is 300 g/mol. The molecule has 6 heteroatoms. The van der Waals surface area contributed by atoms with E-state index in [1.54, 1.807) is 4.90 Å². The van der Waals surface area contributed by atoms with Crippen LogP contribution in [0.15, 0.2) is 18.2 Å². The van der Waals surface area contributed by atoms with Crippen molar-refractivity contribution >= 4 is 11.7 Å². The highest BCUT2D eigenvalue weighted by Gasteiger charge is 2.28. The molecule has 1 aromatic rings. The first kappa shape index (κ1) is 16.2. The Morgan fingerprint density at radius 2 is 1.78 bits per heavy atom. The molecule has 0 saturated carbocycles. The minimum absolute atomic E-state index is 0.159. The molecule has 0 radical (unpaired) electrons. The highest BCUT2D eigenvalue weighted by molar-refractivity contribution is 5.89. The van der Waals surface area contributed by atoms with Crippen LogP contribution < -0.4 is 5.32 Å². The molecule has 2 heterocycles. The van der Waals surface area contributed by atoms with E-state index in [0.29, 0.717) is 19.0 Å². The number of nitrogens with zero attached hydrogens (tertiary/aromatic N) is 2. The topological polar surface area (TPSA) is 35.6 Å². The highest BCUT2D eigenvalue weighted by Crippen LogP contribution is 2.21. The molecule has 0 aliphatic carbocycles. The maximum atomic E-state index is 13.2. The Kier molecular flexibility index (Phi) is 5.10. The summed E-state index contributed by atoms with van der Waals surface area (Å²) in [5, 5.41) is 2.58. The third-order valence-corrected chi connectivity index (χ3v) is 4.65. The number of amides is 2. The lowest BCUT2D eigenvalue weighted by atomic mass is 10.1. The summed E-state index contributed by atoms with van der Waals surface area (Å²) in [4.78, 5) is 16.4. The predicted octanol–water partition coefficient (Wildman–Crippen LogP) is 3.30. The summed E-state index contributed by atoms with van der Waals surface area (Å²) in [6, 6.07) is 2.76. The van der Waals surface area contributed by atoms with Gasteiger partial charge in [0.2, 0.25) is 0 Å². The number of piperidine rings is 1. The molecule has 1 atom stereocenters. The molecule has 2 aliphatic rings. The van der Waals surface area contributed by atoms with Crippen molar-refractivity contribution in [2.75, 3.05) is 38.0 Å². The number of carbonyl (C=O) groups excluding carboxylic acids is 1. The van der Waals surface area contributed by atoms with Crippen LogP contribution in [0, 0.1) is 17.6 Å². The Morgan fingerprint density at radius 3 is 2.48 bits per heavy atom. The molecule has 0 aromatic heterocycles. The molecule has 2 saturated heterocycles. The Hall–Kier alpha value is -1.69. The summed E-state index contributed by atoms with van der Waals surface area (Å²) < 4.78 is 26.3. The second-order valence-corrected chi connectivity index (χ2v) is 6.55. The maximum Gasteiger partial charge on any atom is 0.321 e. The van der Waals surface area contributed by atoms with Gasteiger partial charge in [-0.2, -0.15) is 0 Å². The fraction of sp³-hybridized carbons (Fsp3) is 0.588. The van der Waals surface area contributed by atoms with E-state index in [2.05, 4.69) is 10.2 Å². The van der Waals surface area contributed by atoms with Crippen LogP contribution in [-0.2, 0) is 0 Å². The van der Waals surface area contributed by atoms with Crippen LogP contribution in [0.5, 0.6) is 0 Å². The molecule has 1 N–H and O–H groups in total. The van der Waals surface area contributed by atoms with E-state index in [1.807, 2.05) is 0 Å². The van der Waals surface area contributed by atoms with E-state index in [1.165, 1.54) is 19.3 Å². The largest absolute Gasteiger partial charge is 0.324 e. The number of halogens is 2. The Bertz CT molecular complexity index is 541. The molecule has 0 bridgehead atoms. The van der Waals surface area contributed by atoms with Crippen molar-refractivity contribution in [3.63, 3.8) is 0 Å². The molecule has 2 aliphatic heterocycles. The van der Waals surface area contributed by atoms with Crippen LogP contribution >= 0.6 is 0 Å². The molecule has 4 nitrogen and oxygen atoms in total. The lowest BCUT2D eigenvalue weighted by Gasteiger charge is -2.29. The minimum atomic E-state index is -0.690. The van der Waals surface area contributed by atoms with Gasteiger partial charge in [0.15, 0.2) is 0 Å². The fourth-order valence-electron chi connectivity index (χ4n) is 3.50. The summed E-state index contributed by atoms with van der Waals surface area (Å²) in [6.07, 6.45) is 4.84. The van der Waals surface area contributed by atoms with Gasteiger partial charge in [-0.25, -0.2) is 13.6 Å². The van der Waals surface area contributed by atoms with Crippen LogP contribution in [0.25, 0.3) is 0 Å². The summed E-state index contributed by atoms with van der Waals surface area (Å²) in [7, 11) is 0. The lowest BCUT2D eigenvalue weighted by molar-refractivity contribution is 0.192. The molecule has 2 amide bonds. The van der Waals surface area contributed by atoms with Crippen LogP contribution in [-0.4, -0.2) is 48.6 Å². The number of hydrogen-bond acceptors (Lipinski definition) is 2. The third-order valence-electron chi connectivity index (χ3n) is 4.65. The predicted molar refractivity (Wildman–Crippen MR) is 85.3 cm³/mol. The molecule has 1 aromatic carbocycles. The van der Waals surface area contributed by atoms with Crippen LogP contribution in [0.1, 0.15) is 25.7 Å². The number of anilines is 1. The number of rotatable bonds is 3. The number of urea groups is 1. The van der Waals surface area contributed by atoms with Gasteiger partial charge in [-0.1, -0.05) is 6.42 Å². The first-order chi connectivity index (χ1) is 11.1. The second-order valence-electron chi connectivity index (χ2n) is 6.55. The van der Waals surface area contributed by atoms with Gasteiger partial charge in [0.1, 0.15) is 11.6 Å². The fourth-order valence-corrected chi connectivity index (χ4v) is 3.50. The van der Waals surface area contributed by atoms with Crippen molar-refractivity contribution in [1.29, 1.82) is 0 Å². The van der Waals surface area contributed by atoms with Gasteiger partial charge in [0, 0.05) is 31.4 Å². The summed E-state index contributed by atoms with van der Waals surface area (Å²) in [5.74, 6) is -0.891. The van der Waals surface area contributed by atoms with Crippen molar-refractivity contribution in [3.8, 4) is 0 Å². The van der Waals surface area contributed by atoms with Crippen molar-refractivity contribution < 1.29 is 13.6 Å². The first-order valence-corrected chi connectivity index (χ1v) is 8.34. The van der Waals surface area contributed by atoms with Gasteiger partial charge >= 0.3 is 6.03 Å². The molecule has 23 heavy (non-hydrogen) atoms. The summed E-state index contributed by atoms with van der Waals surface area (Å²) in [6.45, 7) is 4.76. The lowest BCUT2D eigenvalue weighted by Crippen LogP contribution is -2.37. The Balaban J connectivity index is 1.50. The van der Waals surface area contributed by atoms with Crippen molar-refractivity contribution in [2.24, 2.45) is 5.92 Å². The SMILES string of the molecule is O=C(Nc1cc(F)cc(F)c1)N1CCC(CN2CCCCC2)C1. The summed E-state index contributed by atoms with van der Waals surface area (Å²) in [5.41, 5.74) is 0.159. The molecule has 0 spiro atoms. The zero-order valence-corrected chi connectivity index (χ0v) is 13.2. The number of hydrogen-bond donors (Lipinski definition) is 1. The van der Waals surface area contributed by atoms with Crippen molar-refractivity contribution in [3.05, 3.63) is 29.8 Å².